The van der Waals surface area contributed by atoms with Gasteiger partial charge in [0.05, 0.1) is 12.6 Å². The van der Waals surface area contributed by atoms with Crippen LogP contribution in [-0.4, -0.2) is 77.9 Å². The van der Waals surface area contributed by atoms with Crippen molar-refractivity contribution in [3.05, 3.63) is 35.9 Å². The van der Waals surface area contributed by atoms with Crippen LogP contribution in [-0.2, 0) is 30.4 Å². The summed E-state index contributed by atoms with van der Waals surface area (Å²) in [5.74, 6) is -4.16. The quantitative estimate of drug-likeness (QED) is 0.0642. The molecule has 0 radical (unpaired) electrons. The van der Waals surface area contributed by atoms with Crippen LogP contribution in [0.5, 0.6) is 0 Å². The maximum Gasteiger partial charge on any atom is 0.325 e. The first-order valence-corrected chi connectivity index (χ1v) is 12.6. The fraction of sp³-hybridized carbons (Fsp3) is 0.520. The number of carbonyl (C=O) groups excluding carboxylic acids is 4. The van der Waals surface area contributed by atoms with Crippen molar-refractivity contribution in [2.45, 2.75) is 64.2 Å². The lowest BCUT2D eigenvalue weighted by molar-refractivity contribution is -0.141. The zero-order valence-corrected chi connectivity index (χ0v) is 22.5. The predicted octanol–water partition coefficient (Wildman–Crippen LogP) is -2.06. The second-order valence-electron chi connectivity index (χ2n) is 9.38. The van der Waals surface area contributed by atoms with Gasteiger partial charge in [0.15, 0.2) is 5.96 Å². The second-order valence-corrected chi connectivity index (χ2v) is 9.38. The molecule has 1 aromatic carbocycles. The van der Waals surface area contributed by atoms with Crippen LogP contribution in [0.25, 0.3) is 0 Å². The number of carboxylic acids is 1. The van der Waals surface area contributed by atoms with E-state index >= 15 is 0 Å². The van der Waals surface area contributed by atoms with Crippen LogP contribution in [0.1, 0.15) is 39.2 Å². The number of aliphatic imine (C=N–C) groups is 1. The van der Waals surface area contributed by atoms with Crippen LogP contribution < -0.4 is 38.5 Å². The van der Waals surface area contributed by atoms with Crippen LogP contribution in [0.15, 0.2) is 35.3 Å². The summed E-state index contributed by atoms with van der Waals surface area (Å²) < 4.78 is 0. The number of carbonyl (C=O) groups is 5. The highest BCUT2D eigenvalue weighted by Gasteiger charge is 2.30. The van der Waals surface area contributed by atoms with Gasteiger partial charge >= 0.3 is 5.97 Å². The molecule has 0 fully saturated rings. The first-order valence-electron chi connectivity index (χ1n) is 12.6. The predicted molar refractivity (Wildman–Crippen MR) is 145 cm³/mol. The lowest BCUT2D eigenvalue weighted by Gasteiger charge is -2.26. The Kier molecular flexibility index (Phi) is 14.0. The molecule has 14 heteroatoms. The lowest BCUT2D eigenvalue weighted by atomic mass is 10.0. The van der Waals surface area contributed by atoms with E-state index in [4.69, 9.17) is 22.3 Å². The Balaban J connectivity index is 2.79. The van der Waals surface area contributed by atoms with E-state index in [-0.39, 0.29) is 18.3 Å². The third-order valence-corrected chi connectivity index (χ3v) is 5.64. The van der Waals surface area contributed by atoms with Crippen molar-refractivity contribution in [1.82, 2.24) is 21.3 Å². The van der Waals surface area contributed by atoms with Crippen LogP contribution in [0, 0.1) is 5.92 Å². The molecule has 216 valence electrons. The smallest absolute Gasteiger partial charge is 0.325 e. The Labute approximate surface area is 227 Å². The van der Waals surface area contributed by atoms with E-state index in [0.29, 0.717) is 19.4 Å². The number of rotatable bonds is 16. The average Bonchev–Trinajstić information content (AvgIpc) is 2.87. The van der Waals surface area contributed by atoms with E-state index in [1.807, 2.05) is 0 Å². The van der Waals surface area contributed by atoms with Gasteiger partial charge in [0.25, 0.3) is 0 Å². The molecule has 0 unspecified atom stereocenters. The minimum Gasteiger partial charge on any atom is -0.480 e. The molecule has 39 heavy (non-hydrogen) atoms. The standard InChI is InChI=1S/C25H40N8O6/c1-14(2)20(33-19(34)13-30-21(35)17(26)10-7-11-29-25(27)28)23(37)32-18(12-16-8-5-4-6-9-16)22(36)31-15(3)24(38)39/h4-6,8-9,14-15,17-18,20H,7,10-13,26H2,1-3H3,(H,30,35)(H,31,36)(H,32,37)(H,33,34)(H,38,39)(H4,27,28,29)/t15-,17-,18-,20-/m0/s1. The molecule has 11 N–H and O–H groups in total. The van der Waals surface area contributed by atoms with Crippen molar-refractivity contribution in [3.8, 4) is 0 Å². The van der Waals surface area contributed by atoms with Gasteiger partial charge in [-0.05, 0) is 31.2 Å². The molecule has 1 rings (SSSR count). The van der Waals surface area contributed by atoms with Crippen molar-refractivity contribution in [2.75, 3.05) is 13.1 Å². The van der Waals surface area contributed by atoms with Crippen molar-refractivity contribution >= 4 is 35.6 Å². The van der Waals surface area contributed by atoms with E-state index in [9.17, 15) is 24.0 Å². The van der Waals surface area contributed by atoms with Gasteiger partial charge in [-0.15, -0.1) is 0 Å². The summed E-state index contributed by atoms with van der Waals surface area (Å²) in [6.07, 6.45) is 0.866. The van der Waals surface area contributed by atoms with Crippen molar-refractivity contribution in [2.24, 2.45) is 28.1 Å². The summed E-state index contributed by atoms with van der Waals surface area (Å²) in [6.45, 7) is 4.61. The zero-order chi connectivity index (χ0) is 29.5. The Morgan fingerprint density at radius 3 is 2.13 bits per heavy atom. The highest BCUT2D eigenvalue weighted by molar-refractivity contribution is 5.94. The summed E-state index contributed by atoms with van der Waals surface area (Å²) >= 11 is 0. The highest BCUT2D eigenvalue weighted by atomic mass is 16.4. The van der Waals surface area contributed by atoms with E-state index in [1.165, 1.54) is 6.92 Å². The minimum atomic E-state index is -1.23. The largest absolute Gasteiger partial charge is 0.480 e. The molecule has 4 amide bonds. The summed E-state index contributed by atoms with van der Waals surface area (Å²) in [4.78, 5) is 65.7. The first-order chi connectivity index (χ1) is 18.3. The van der Waals surface area contributed by atoms with Crippen LogP contribution >= 0.6 is 0 Å². The molecular formula is C25H40N8O6. The fourth-order valence-corrected chi connectivity index (χ4v) is 3.40. The number of guanidine groups is 1. The SMILES string of the molecule is CC(C)[C@H](NC(=O)CNC(=O)[C@@H](N)CCCN=C(N)N)C(=O)N[C@@H](Cc1ccccc1)C(=O)N[C@@H](C)C(=O)O. The van der Waals surface area contributed by atoms with E-state index < -0.39 is 60.3 Å². The van der Waals surface area contributed by atoms with Crippen molar-refractivity contribution in [1.29, 1.82) is 0 Å². The van der Waals surface area contributed by atoms with E-state index in [1.54, 1.807) is 44.2 Å². The average molecular weight is 549 g/mol. The monoisotopic (exact) mass is 548 g/mol. The molecule has 0 bridgehead atoms. The number of nitrogens with two attached hydrogens (primary N) is 3. The summed E-state index contributed by atoms with van der Waals surface area (Å²) in [7, 11) is 0. The third kappa shape index (κ3) is 12.7. The minimum absolute atomic E-state index is 0.0599. The molecule has 1 aromatic rings. The molecule has 0 aliphatic carbocycles. The molecule has 14 nitrogen and oxygen atoms in total. The van der Waals surface area contributed by atoms with E-state index in [0.717, 1.165) is 5.56 Å². The number of aliphatic carboxylic acids is 1. The summed E-state index contributed by atoms with van der Waals surface area (Å²) in [6, 6.07) is 4.69. The molecule has 0 aliphatic rings. The lowest BCUT2D eigenvalue weighted by Crippen LogP contribution is -2.58. The maximum absolute atomic E-state index is 13.1. The number of hydrogen-bond acceptors (Lipinski definition) is 7. The Bertz CT molecular complexity index is 1010. The van der Waals surface area contributed by atoms with Gasteiger partial charge in [-0.2, -0.15) is 0 Å². The van der Waals surface area contributed by atoms with Crippen molar-refractivity contribution in [3.63, 3.8) is 0 Å². The van der Waals surface area contributed by atoms with Gasteiger partial charge < -0.3 is 43.6 Å². The van der Waals surface area contributed by atoms with Gasteiger partial charge in [-0.25, -0.2) is 0 Å². The van der Waals surface area contributed by atoms with E-state index in [2.05, 4.69) is 26.3 Å². The van der Waals surface area contributed by atoms with Crippen LogP contribution in [0.4, 0.5) is 0 Å². The number of nitrogens with one attached hydrogen (secondary N) is 4. The van der Waals surface area contributed by atoms with Crippen LogP contribution in [0.2, 0.25) is 0 Å². The van der Waals surface area contributed by atoms with Gasteiger partial charge in [0, 0.05) is 13.0 Å². The second kappa shape index (κ2) is 16.6. The molecule has 0 heterocycles. The number of nitrogens with zero attached hydrogens (tertiary/aromatic N) is 1. The zero-order valence-electron chi connectivity index (χ0n) is 22.5. The molecule has 4 atom stereocenters. The summed E-state index contributed by atoms with van der Waals surface area (Å²) in [5, 5.41) is 19.1. The Hall–Kier alpha value is -4.20. The topological polar surface area (TPSA) is 244 Å². The molecule has 0 saturated heterocycles. The molecule has 0 aliphatic heterocycles. The maximum atomic E-state index is 13.1. The molecular weight excluding hydrogens is 508 g/mol. The third-order valence-electron chi connectivity index (χ3n) is 5.64. The summed E-state index contributed by atoms with van der Waals surface area (Å²) in [5.41, 5.74) is 17.0. The Morgan fingerprint density at radius 2 is 1.56 bits per heavy atom. The van der Waals surface area contributed by atoms with Gasteiger partial charge in [-0.3, -0.25) is 29.0 Å². The number of carboxylic acid groups (broad SMARTS) is 1. The molecule has 0 aromatic heterocycles. The Morgan fingerprint density at radius 1 is 0.923 bits per heavy atom. The number of hydrogen-bond donors (Lipinski definition) is 8. The first kappa shape index (κ1) is 32.8. The molecule has 0 saturated carbocycles. The van der Waals surface area contributed by atoms with Crippen molar-refractivity contribution < 1.29 is 29.1 Å². The van der Waals surface area contributed by atoms with Gasteiger partial charge in [0.1, 0.15) is 18.1 Å². The van der Waals surface area contributed by atoms with Crippen LogP contribution in [0.3, 0.4) is 0 Å². The highest BCUT2D eigenvalue weighted by Crippen LogP contribution is 2.07. The van der Waals surface area contributed by atoms with Gasteiger partial charge in [0.2, 0.25) is 23.6 Å². The number of benzene rings is 1. The van der Waals surface area contributed by atoms with Gasteiger partial charge in [-0.1, -0.05) is 44.2 Å². The number of amides is 4. The molecule has 0 spiro atoms. The fourth-order valence-electron chi connectivity index (χ4n) is 3.40. The normalized spacial score (nSPS) is 13.8.